The van der Waals surface area contributed by atoms with Crippen molar-refractivity contribution in [3.8, 4) is 11.8 Å². The molecule has 130 valence electrons. The Labute approximate surface area is 141 Å². The van der Waals surface area contributed by atoms with Crippen LogP contribution in [0.2, 0.25) is 0 Å². The Morgan fingerprint density at radius 3 is 1.64 bits per heavy atom. The molecule has 0 spiro atoms. The fraction of sp³-hybridized carbons (Fsp3) is 0.909. The van der Waals surface area contributed by atoms with E-state index in [1.54, 1.807) is 0 Å². The average Bonchev–Trinajstić information content (AvgIpc) is 2.54. The highest BCUT2D eigenvalue weighted by Crippen LogP contribution is 2.20. The van der Waals surface area contributed by atoms with Crippen LogP contribution in [0.1, 0.15) is 124 Å². The summed E-state index contributed by atoms with van der Waals surface area (Å²) in [5, 5.41) is 0. The lowest BCUT2D eigenvalue weighted by molar-refractivity contribution is 0.404. The summed E-state index contributed by atoms with van der Waals surface area (Å²) in [7, 11) is 0. The van der Waals surface area contributed by atoms with E-state index in [-0.39, 0.29) is 0 Å². The molecule has 1 atom stereocenters. The van der Waals surface area contributed by atoms with Gasteiger partial charge in [-0.05, 0) is 25.2 Å². The molecule has 0 bridgehead atoms. The zero-order valence-electron chi connectivity index (χ0n) is 15.9. The van der Waals surface area contributed by atoms with Gasteiger partial charge in [0.15, 0.2) is 0 Å². The van der Waals surface area contributed by atoms with Gasteiger partial charge in [-0.15, -0.1) is 11.8 Å². The van der Waals surface area contributed by atoms with Crippen molar-refractivity contribution in [2.45, 2.75) is 124 Å². The van der Waals surface area contributed by atoms with E-state index in [1.165, 1.54) is 89.9 Å². The lowest BCUT2D eigenvalue weighted by Gasteiger charge is -2.13. The van der Waals surface area contributed by atoms with E-state index in [0.717, 1.165) is 18.8 Å². The predicted molar refractivity (Wildman–Crippen MR) is 102 cm³/mol. The molecule has 22 heavy (non-hydrogen) atoms. The fourth-order valence-corrected chi connectivity index (χ4v) is 3.06. The van der Waals surface area contributed by atoms with Gasteiger partial charge in [0.2, 0.25) is 0 Å². The second-order valence-corrected chi connectivity index (χ2v) is 6.89. The summed E-state index contributed by atoms with van der Waals surface area (Å²) in [5.74, 6) is 7.72. The Morgan fingerprint density at radius 2 is 1.05 bits per heavy atom. The van der Waals surface area contributed by atoms with Gasteiger partial charge in [-0.25, -0.2) is 0 Å². The van der Waals surface area contributed by atoms with Crippen LogP contribution in [0, 0.1) is 17.8 Å². The van der Waals surface area contributed by atoms with Gasteiger partial charge in [-0.2, -0.15) is 0 Å². The van der Waals surface area contributed by atoms with Crippen molar-refractivity contribution >= 4 is 0 Å². The summed E-state index contributed by atoms with van der Waals surface area (Å²) in [4.78, 5) is 0. The maximum Gasteiger partial charge on any atom is 0.00887 e. The molecule has 0 N–H and O–H groups in total. The van der Waals surface area contributed by atoms with Gasteiger partial charge in [0.05, 0.1) is 0 Å². The number of unbranched alkanes of at least 4 members (excludes halogenated alkanes) is 10. The predicted octanol–water partition coefficient (Wildman–Crippen LogP) is 7.91. The largest absolute Gasteiger partial charge is 0.103 e. The minimum Gasteiger partial charge on any atom is -0.103 e. The van der Waals surface area contributed by atoms with Gasteiger partial charge in [-0.3, -0.25) is 0 Å². The van der Waals surface area contributed by atoms with E-state index in [1.807, 2.05) is 0 Å². The Morgan fingerprint density at radius 1 is 0.545 bits per heavy atom. The lowest BCUT2D eigenvalue weighted by Crippen LogP contribution is -1.98. The molecule has 0 aromatic heterocycles. The Kier molecular flexibility index (Phi) is 18.2. The molecule has 0 rings (SSSR count). The standard InChI is InChI=1S/C22H42/c1-4-7-9-11-12-13-14-15-17-19-21-22(6-3)20-18-16-10-8-5-2/h22H,4-13,16-21H2,1-3H3. The van der Waals surface area contributed by atoms with Gasteiger partial charge in [-0.1, -0.05) is 91.4 Å². The minimum absolute atomic E-state index is 0.956. The molecule has 0 heteroatoms. The molecule has 0 aliphatic carbocycles. The molecule has 0 amide bonds. The highest BCUT2D eigenvalue weighted by molar-refractivity contribution is 4.98. The highest BCUT2D eigenvalue weighted by atomic mass is 14.1. The molecular formula is C22H42. The Bertz CT molecular complexity index is 255. The molecule has 0 aromatic carbocycles. The van der Waals surface area contributed by atoms with Crippen LogP contribution in [0.15, 0.2) is 0 Å². The third-order valence-corrected chi connectivity index (χ3v) is 4.74. The normalized spacial score (nSPS) is 12.0. The summed E-state index contributed by atoms with van der Waals surface area (Å²) in [5.41, 5.74) is 0. The summed E-state index contributed by atoms with van der Waals surface area (Å²) >= 11 is 0. The van der Waals surface area contributed by atoms with Crippen LogP contribution in [0.4, 0.5) is 0 Å². The maximum atomic E-state index is 3.39. The lowest BCUT2D eigenvalue weighted by atomic mass is 9.93. The number of hydrogen-bond acceptors (Lipinski definition) is 0. The molecule has 0 aliphatic heterocycles. The Hall–Kier alpha value is -0.440. The van der Waals surface area contributed by atoms with Crippen molar-refractivity contribution in [1.29, 1.82) is 0 Å². The second kappa shape index (κ2) is 18.6. The van der Waals surface area contributed by atoms with Crippen LogP contribution in [0.5, 0.6) is 0 Å². The first kappa shape index (κ1) is 21.6. The first-order valence-corrected chi connectivity index (χ1v) is 10.3. The molecule has 0 aliphatic rings. The van der Waals surface area contributed by atoms with Crippen LogP contribution < -0.4 is 0 Å². The van der Waals surface area contributed by atoms with Crippen LogP contribution in [0.3, 0.4) is 0 Å². The first-order valence-electron chi connectivity index (χ1n) is 10.3. The van der Waals surface area contributed by atoms with Crippen molar-refractivity contribution in [1.82, 2.24) is 0 Å². The summed E-state index contributed by atoms with van der Waals surface area (Å²) in [6.45, 7) is 6.92. The molecule has 0 saturated carbocycles. The molecule has 0 radical (unpaired) electrons. The maximum absolute atomic E-state index is 3.39. The molecule has 0 saturated heterocycles. The molecule has 0 aromatic rings. The highest BCUT2D eigenvalue weighted by Gasteiger charge is 2.05. The summed E-state index contributed by atoms with van der Waals surface area (Å²) < 4.78 is 0. The van der Waals surface area contributed by atoms with Gasteiger partial charge >= 0.3 is 0 Å². The van der Waals surface area contributed by atoms with Crippen molar-refractivity contribution in [3.63, 3.8) is 0 Å². The van der Waals surface area contributed by atoms with Crippen molar-refractivity contribution in [2.75, 3.05) is 0 Å². The topological polar surface area (TPSA) is 0 Å². The Balaban J connectivity index is 3.42. The first-order chi connectivity index (χ1) is 10.8. The van der Waals surface area contributed by atoms with Crippen LogP contribution >= 0.6 is 0 Å². The molecule has 0 nitrogen and oxygen atoms in total. The summed E-state index contributed by atoms with van der Waals surface area (Å²) in [6, 6.07) is 0. The van der Waals surface area contributed by atoms with E-state index in [9.17, 15) is 0 Å². The van der Waals surface area contributed by atoms with E-state index in [4.69, 9.17) is 0 Å². The zero-order valence-corrected chi connectivity index (χ0v) is 15.9. The van der Waals surface area contributed by atoms with Crippen molar-refractivity contribution in [3.05, 3.63) is 0 Å². The van der Waals surface area contributed by atoms with Crippen molar-refractivity contribution in [2.24, 2.45) is 5.92 Å². The van der Waals surface area contributed by atoms with E-state index < -0.39 is 0 Å². The average molecular weight is 307 g/mol. The van der Waals surface area contributed by atoms with Gasteiger partial charge in [0.1, 0.15) is 0 Å². The van der Waals surface area contributed by atoms with E-state index >= 15 is 0 Å². The van der Waals surface area contributed by atoms with Crippen molar-refractivity contribution < 1.29 is 0 Å². The van der Waals surface area contributed by atoms with Crippen LogP contribution in [-0.2, 0) is 0 Å². The monoisotopic (exact) mass is 306 g/mol. The minimum atomic E-state index is 0.956. The third kappa shape index (κ3) is 15.9. The molecule has 0 heterocycles. The molecule has 0 fully saturated rings. The number of hydrogen-bond donors (Lipinski definition) is 0. The second-order valence-electron chi connectivity index (χ2n) is 6.89. The molecule has 1 unspecified atom stereocenters. The van der Waals surface area contributed by atoms with E-state index in [2.05, 4.69) is 32.6 Å². The quantitative estimate of drug-likeness (QED) is 0.213. The smallest absolute Gasteiger partial charge is 0.00887 e. The fourth-order valence-electron chi connectivity index (χ4n) is 3.06. The number of rotatable bonds is 15. The van der Waals surface area contributed by atoms with Gasteiger partial charge in [0.25, 0.3) is 0 Å². The van der Waals surface area contributed by atoms with Crippen LogP contribution in [0.25, 0.3) is 0 Å². The van der Waals surface area contributed by atoms with E-state index in [0.29, 0.717) is 0 Å². The zero-order chi connectivity index (χ0) is 16.3. The molecular weight excluding hydrogens is 264 g/mol. The van der Waals surface area contributed by atoms with Gasteiger partial charge < -0.3 is 0 Å². The third-order valence-electron chi connectivity index (χ3n) is 4.74. The van der Waals surface area contributed by atoms with Crippen LogP contribution in [-0.4, -0.2) is 0 Å². The SMILES string of the molecule is CCCCCCCC#CCCCC(CC)CCCCCCC. The van der Waals surface area contributed by atoms with Gasteiger partial charge in [0, 0.05) is 12.8 Å². The summed E-state index contributed by atoms with van der Waals surface area (Å²) in [6.07, 6.45) is 21.7.